The number of ether oxygens (including phenoxy) is 1. The average Bonchev–Trinajstić information content (AvgIpc) is 2.48. The van der Waals surface area contributed by atoms with E-state index in [0.29, 0.717) is 31.2 Å². The zero-order chi connectivity index (χ0) is 15.1. The van der Waals surface area contributed by atoms with Crippen molar-refractivity contribution in [3.05, 3.63) is 0 Å². The van der Waals surface area contributed by atoms with Gasteiger partial charge in [0.05, 0.1) is 13.2 Å². The highest BCUT2D eigenvalue weighted by Crippen LogP contribution is 2.15. The summed E-state index contributed by atoms with van der Waals surface area (Å²) in [5.41, 5.74) is 5.80. The maximum Gasteiger partial charge on any atom is 0.232 e. The number of nitrogen functional groups attached to an aromatic ring is 1. The van der Waals surface area contributed by atoms with Crippen LogP contribution in [-0.4, -0.2) is 47.3 Å². The Kier molecular flexibility index (Phi) is 5.98. The molecule has 7 heteroatoms. The number of morpholine rings is 1. The molecule has 0 saturated carbocycles. The molecule has 1 atom stereocenters. The van der Waals surface area contributed by atoms with Crippen LogP contribution in [0.15, 0.2) is 0 Å². The van der Waals surface area contributed by atoms with Gasteiger partial charge in [-0.2, -0.15) is 15.0 Å². The van der Waals surface area contributed by atoms with E-state index in [1.165, 1.54) is 19.3 Å². The van der Waals surface area contributed by atoms with Gasteiger partial charge in [0.1, 0.15) is 0 Å². The molecule has 1 aliphatic rings. The first-order valence-corrected chi connectivity index (χ1v) is 7.80. The Labute approximate surface area is 126 Å². The molecule has 0 spiro atoms. The Balaban J connectivity index is 1.97. The minimum absolute atomic E-state index is 0.259. The predicted octanol–water partition coefficient (Wildman–Crippen LogP) is 1.67. The lowest BCUT2D eigenvalue weighted by Gasteiger charge is -2.27. The number of nitrogens with zero attached hydrogens (tertiary/aromatic N) is 4. The average molecular weight is 294 g/mol. The summed E-state index contributed by atoms with van der Waals surface area (Å²) in [5, 5.41) is 3.32. The second kappa shape index (κ2) is 7.97. The first-order valence-electron chi connectivity index (χ1n) is 7.80. The predicted molar refractivity (Wildman–Crippen MR) is 84.5 cm³/mol. The maximum atomic E-state index is 5.80. The summed E-state index contributed by atoms with van der Waals surface area (Å²) in [5.74, 6) is 1.46. The second-order valence-corrected chi connectivity index (χ2v) is 5.46. The topological polar surface area (TPSA) is 89.2 Å². The molecule has 2 rings (SSSR count). The second-order valence-electron chi connectivity index (χ2n) is 5.46. The molecule has 0 amide bonds. The number of hydrogen-bond acceptors (Lipinski definition) is 7. The maximum absolute atomic E-state index is 5.80. The fourth-order valence-electron chi connectivity index (χ4n) is 2.34. The van der Waals surface area contributed by atoms with Crippen LogP contribution in [0.25, 0.3) is 0 Å². The van der Waals surface area contributed by atoms with Crippen LogP contribution in [0.5, 0.6) is 0 Å². The molecule has 1 aliphatic heterocycles. The summed E-state index contributed by atoms with van der Waals surface area (Å²) in [6.45, 7) is 7.32. The van der Waals surface area contributed by atoms with Gasteiger partial charge >= 0.3 is 0 Å². The van der Waals surface area contributed by atoms with Crippen molar-refractivity contribution in [3.63, 3.8) is 0 Å². The van der Waals surface area contributed by atoms with Crippen molar-refractivity contribution >= 4 is 17.8 Å². The van der Waals surface area contributed by atoms with E-state index in [9.17, 15) is 0 Å². The number of aromatic nitrogens is 3. The van der Waals surface area contributed by atoms with Gasteiger partial charge in [0.15, 0.2) is 0 Å². The van der Waals surface area contributed by atoms with E-state index in [0.717, 1.165) is 19.5 Å². The van der Waals surface area contributed by atoms with E-state index in [-0.39, 0.29) is 5.95 Å². The molecular weight excluding hydrogens is 268 g/mol. The third kappa shape index (κ3) is 5.00. The zero-order valence-electron chi connectivity index (χ0n) is 13.0. The van der Waals surface area contributed by atoms with Gasteiger partial charge in [-0.1, -0.05) is 26.2 Å². The molecule has 0 radical (unpaired) electrons. The Hall–Kier alpha value is -1.63. The number of nitrogens with two attached hydrogens (primary N) is 1. The quantitative estimate of drug-likeness (QED) is 0.739. The first-order chi connectivity index (χ1) is 10.2. The molecule has 3 N–H and O–H groups in total. The zero-order valence-corrected chi connectivity index (χ0v) is 13.0. The van der Waals surface area contributed by atoms with Crippen LogP contribution >= 0.6 is 0 Å². The number of anilines is 3. The van der Waals surface area contributed by atoms with Crippen molar-refractivity contribution in [2.75, 3.05) is 42.3 Å². The van der Waals surface area contributed by atoms with E-state index < -0.39 is 0 Å². The van der Waals surface area contributed by atoms with Gasteiger partial charge in [-0.15, -0.1) is 0 Å². The summed E-state index contributed by atoms with van der Waals surface area (Å²) in [7, 11) is 0. The van der Waals surface area contributed by atoms with Crippen molar-refractivity contribution in [3.8, 4) is 0 Å². The number of hydrogen-bond donors (Lipinski definition) is 2. The van der Waals surface area contributed by atoms with Crippen molar-refractivity contribution in [2.45, 2.75) is 45.6 Å². The van der Waals surface area contributed by atoms with Crippen molar-refractivity contribution < 1.29 is 4.74 Å². The monoisotopic (exact) mass is 294 g/mol. The van der Waals surface area contributed by atoms with E-state index in [1.54, 1.807) is 0 Å². The summed E-state index contributed by atoms with van der Waals surface area (Å²) in [6.07, 6.45) is 4.80. The minimum Gasteiger partial charge on any atom is -0.378 e. The number of unbranched alkanes of at least 4 members (excludes halogenated alkanes) is 2. The lowest BCUT2D eigenvalue weighted by molar-refractivity contribution is 0.122. The van der Waals surface area contributed by atoms with Gasteiger partial charge in [0, 0.05) is 19.1 Å². The molecule has 1 unspecified atom stereocenters. The molecule has 0 bridgehead atoms. The van der Waals surface area contributed by atoms with Crippen LogP contribution in [0, 0.1) is 0 Å². The van der Waals surface area contributed by atoms with Crippen molar-refractivity contribution in [2.24, 2.45) is 0 Å². The van der Waals surface area contributed by atoms with Crippen LogP contribution < -0.4 is 16.0 Å². The highest BCUT2D eigenvalue weighted by Gasteiger charge is 2.16. The summed E-state index contributed by atoms with van der Waals surface area (Å²) in [6, 6.07) is 0.330. The molecule has 1 aromatic heterocycles. The number of rotatable bonds is 7. The molecular formula is C14H26N6O. The minimum atomic E-state index is 0.259. The molecule has 0 aromatic carbocycles. The van der Waals surface area contributed by atoms with Gasteiger partial charge < -0.3 is 20.7 Å². The van der Waals surface area contributed by atoms with Crippen molar-refractivity contribution in [1.82, 2.24) is 15.0 Å². The summed E-state index contributed by atoms with van der Waals surface area (Å²) < 4.78 is 5.34. The van der Waals surface area contributed by atoms with Crippen LogP contribution in [0.1, 0.15) is 39.5 Å². The molecule has 1 aromatic rings. The molecule has 118 valence electrons. The molecule has 1 fully saturated rings. The van der Waals surface area contributed by atoms with Crippen LogP contribution in [0.2, 0.25) is 0 Å². The lowest BCUT2D eigenvalue weighted by Crippen LogP contribution is -2.37. The molecule has 21 heavy (non-hydrogen) atoms. The largest absolute Gasteiger partial charge is 0.378 e. The third-order valence-corrected chi connectivity index (χ3v) is 3.55. The SMILES string of the molecule is CCCCCC(C)Nc1nc(N)nc(N2CCOCC2)n1. The Morgan fingerprint density at radius 2 is 2.00 bits per heavy atom. The third-order valence-electron chi connectivity index (χ3n) is 3.55. The Bertz CT molecular complexity index is 435. The first kappa shape index (κ1) is 15.8. The fraction of sp³-hybridized carbons (Fsp3) is 0.786. The molecule has 2 heterocycles. The highest BCUT2D eigenvalue weighted by molar-refractivity contribution is 5.42. The molecule has 7 nitrogen and oxygen atoms in total. The van der Waals surface area contributed by atoms with Crippen LogP contribution in [0.4, 0.5) is 17.8 Å². The van der Waals surface area contributed by atoms with E-state index in [4.69, 9.17) is 10.5 Å². The van der Waals surface area contributed by atoms with Crippen LogP contribution in [-0.2, 0) is 4.74 Å². The van der Waals surface area contributed by atoms with Gasteiger partial charge in [-0.3, -0.25) is 0 Å². The number of nitrogens with one attached hydrogen (secondary N) is 1. The van der Waals surface area contributed by atoms with Gasteiger partial charge in [0.25, 0.3) is 0 Å². The van der Waals surface area contributed by atoms with E-state index in [1.807, 2.05) is 0 Å². The highest BCUT2D eigenvalue weighted by atomic mass is 16.5. The van der Waals surface area contributed by atoms with Crippen LogP contribution in [0.3, 0.4) is 0 Å². The van der Waals surface area contributed by atoms with E-state index in [2.05, 4.69) is 39.0 Å². The van der Waals surface area contributed by atoms with Gasteiger partial charge in [0.2, 0.25) is 17.8 Å². The van der Waals surface area contributed by atoms with Crippen molar-refractivity contribution in [1.29, 1.82) is 0 Å². The van der Waals surface area contributed by atoms with Gasteiger partial charge in [-0.25, -0.2) is 0 Å². The van der Waals surface area contributed by atoms with E-state index >= 15 is 0 Å². The lowest BCUT2D eigenvalue weighted by atomic mass is 10.1. The molecule has 1 saturated heterocycles. The Morgan fingerprint density at radius 3 is 2.71 bits per heavy atom. The smallest absolute Gasteiger partial charge is 0.232 e. The van der Waals surface area contributed by atoms with Gasteiger partial charge in [-0.05, 0) is 13.3 Å². The normalized spacial score (nSPS) is 16.8. The fourth-order valence-corrected chi connectivity index (χ4v) is 2.34. The Morgan fingerprint density at radius 1 is 1.24 bits per heavy atom. The molecule has 0 aliphatic carbocycles. The summed E-state index contributed by atoms with van der Waals surface area (Å²) >= 11 is 0. The standard InChI is InChI=1S/C14H26N6O/c1-3-4-5-6-11(2)16-13-17-12(15)18-14(19-13)20-7-9-21-10-8-20/h11H,3-10H2,1-2H3,(H3,15,16,17,18,19). The summed E-state index contributed by atoms with van der Waals surface area (Å²) in [4.78, 5) is 15.0.